The zero-order valence-corrected chi connectivity index (χ0v) is 19.3. The zero-order chi connectivity index (χ0) is 20.4. The van der Waals surface area contributed by atoms with Gasteiger partial charge in [0.05, 0.1) is 5.52 Å². The van der Waals surface area contributed by atoms with Crippen LogP contribution in [-0.2, 0) is 0 Å². The molecule has 0 saturated carbocycles. The number of aromatic nitrogens is 3. The van der Waals surface area contributed by atoms with Crippen molar-refractivity contribution in [1.82, 2.24) is 14.6 Å². The van der Waals surface area contributed by atoms with E-state index in [1.54, 1.807) is 0 Å². The summed E-state index contributed by atoms with van der Waals surface area (Å²) in [7, 11) is 0. The first-order chi connectivity index (χ1) is 13.8. The van der Waals surface area contributed by atoms with Crippen molar-refractivity contribution in [3.63, 3.8) is 0 Å². The van der Waals surface area contributed by atoms with Crippen molar-refractivity contribution in [2.45, 2.75) is 34.6 Å². The van der Waals surface area contributed by atoms with Crippen molar-refractivity contribution in [3.05, 3.63) is 60.7 Å². The van der Waals surface area contributed by atoms with E-state index in [0.29, 0.717) is 5.02 Å². The molecule has 0 spiro atoms. The first-order valence-corrected chi connectivity index (χ1v) is 11.5. The van der Waals surface area contributed by atoms with Crippen LogP contribution in [0, 0.1) is 34.6 Å². The van der Waals surface area contributed by atoms with E-state index < -0.39 is 0 Å². The average Bonchev–Trinajstić information content (AvgIpc) is 3.30. The Morgan fingerprint density at radius 3 is 2.00 bits per heavy atom. The van der Waals surface area contributed by atoms with Gasteiger partial charge in [0.1, 0.15) is 5.82 Å². The number of thiophene rings is 2. The molecule has 0 bridgehead atoms. The Labute approximate surface area is 182 Å². The topological polar surface area (TPSA) is 30.2 Å². The molecule has 5 aromatic rings. The number of hydrogen-bond acceptors (Lipinski definition) is 4. The molecule has 29 heavy (non-hydrogen) atoms. The third-order valence-electron chi connectivity index (χ3n) is 5.39. The van der Waals surface area contributed by atoms with Gasteiger partial charge in [-0.2, -0.15) is 0 Å². The molecule has 5 rings (SSSR count). The van der Waals surface area contributed by atoms with Crippen LogP contribution in [0.25, 0.3) is 38.8 Å². The number of halogens is 1. The SMILES string of the molecule is Cc1cc(-c2c(-c3cc(C)sc3C)c3nnc(C)n3c3cc(Cl)ccc23)c(C)s1. The third kappa shape index (κ3) is 2.83. The summed E-state index contributed by atoms with van der Waals surface area (Å²) in [4.78, 5) is 5.21. The van der Waals surface area contributed by atoms with E-state index in [1.807, 2.05) is 41.7 Å². The normalized spacial score (nSPS) is 11.8. The molecule has 0 aliphatic heterocycles. The van der Waals surface area contributed by atoms with Crippen LogP contribution in [0.3, 0.4) is 0 Å². The van der Waals surface area contributed by atoms with Gasteiger partial charge in [-0.3, -0.25) is 4.40 Å². The Bertz CT molecular complexity index is 1420. The van der Waals surface area contributed by atoms with Gasteiger partial charge < -0.3 is 0 Å². The van der Waals surface area contributed by atoms with Crippen LogP contribution in [-0.4, -0.2) is 14.6 Å². The molecule has 146 valence electrons. The van der Waals surface area contributed by atoms with Gasteiger partial charge in [-0.05, 0) is 70.0 Å². The molecule has 0 atom stereocenters. The zero-order valence-electron chi connectivity index (χ0n) is 16.9. The van der Waals surface area contributed by atoms with Gasteiger partial charge in [0, 0.05) is 41.0 Å². The van der Waals surface area contributed by atoms with Crippen LogP contribution in [0.15, 0.2) is 30.3 Å². The monoisotopic (exact) mass is 437 g/mol. The lowest BCUT2D eigenvalue weighted by molar-refractivity contribution is 1.02. The van der Waals surface area contributed by atoms with Gasteiger partial charge in [0.2, 0.25) is 0 Å². The number of hydrogen-bond donors (Lipinski definition) is 0. The maximum Gasteiger partial charge on any atom is 0.169 e. The Morgan fingerprint density at radius 2 is 1.41 bits per heavy atom. The van der Waals surface area contributed by atoms with E-state index in [2.05, 4.69) is 60.5 Å². The molecule has 0 fully saturated rings. The van der Waals surface area contributed by atoms with Crippen LogP contribution >= 0.6 is 34.3 Å². The number of fused-ring (bicyclic) bond motifs is 3. The summed E-state index contributed by atoms with van der Waals surface area (Å²) in [5.74, 6) is 0.864. The molecule has 4 aromatic heterocycles. The van der Waals surface area contributed by atoms with Crippen molar-refractivity contribution < 1.29 is 0 Å². The predicted molar refractivity (Wildman–Crippen MR) is 126 cm³/mol. The van der Waals surface area contributed by atoms with Gasteiger partial charge in [0.15, 0.2) is 5.65 Å². The van der Waals surface area contributed by atoms with Crippen molar-refractivity contribution in [2.24, 2.45) is 0 Å². The predicted octanol–water partition coefficient (Wildman–Crippen LogP) is 7.54. The van der Waals surface area contributed by atoms with Gasteiger partial charge in [-0.1, -0.05) is 17.7 Å². The van der Waals surface area contributed by atoms with Gasteiger partial charge >= 0.3 is 0 Å². The molecule has 4 heterocycles. The molecule has 0 aliphatic carbocycles. The van der Waals surface area contributed by atoms with Crippen molar-refractivity contribution in [3.8, 4) is 22.3 Å². The van der Waals surface area contributed by atoms with E-state index in [4.69, 9.17) is 11.6 Å². The van der Waals surface area contributed by atoms with Crippen LogP contribution in [0.2, 0.25) is 5.02 Å². The molecule has 1 aromatic carbocycles. The summed E-state index contributed by atoms with van der Waals surface area (Å²) in [6, 6.07) is 10.7. The summed E-state index contributed by atoms with van der Waals surface area (Å²) in [6.45, 7) is 10.7. The summed E-state index contributed by atoms with van der Waals surface area (Å²) < 4.78 is 2.14. The molecule has 0 N–H and O–H groups in total. The molecule has 0 radical (unpaired) electrons. The smallest absolute Gasteiger partial charge is 0.169 e. The number of rotatable bonds is 2. The van der Waals surface area contributed by atoms with Gasteiger partial charge in [-0.15, -0.1) is 32.9 Å². The Balaban J connectivity index is 2.08. The quantitative estimate of drug-likeness (QED) is 0.285. The lowest BCUT2D eigenvalue weighted by atomic mass is 9.92. The summed E-state index contributed by atoms with van der Waals surface area (Å²) in [6.07, 6.45) is 0. The van der Waals surface area contributed by atoms with E-state index in [-0.39, 0.29) is 0 Å². The minimum absolute atomic E-state index is 0.714. The fraction of sp³-hybridized carbons (Fsp3) is 0.217. The van der Waals surface area contributed by atoms with Gasteiger partial charge in [0.25, 0.3) is 0 Å². The highest BCUT2D eigenvalue weighted by atomic mass is 35.5. The van der Waals surface area contributed by atoms with Crippen LogP contribution in [0.4, 0.5) is 0 Å². The summed E-state index contributed by atoms with van der Waals surface area (Å²) >= 11 is 10.1. The van der Waals surface area contributed by atoms with E-state index in [0.717, 1.165) is 22.6 Å². The van der Waals surface area contributed by atoms with Crippen molar-refractivity contribution >= 4 is 50.8 Å². The number of benzene rings is 1. The Hall–Kier alpha value is -2.21. The third-order valence-corrected chi connectivity index (χ3v) is 7.56. The summed E-state index contributed by atoms with van der Waals surface area (Å²) in [5.41, 5.74) is 6.81. The Kier molecular flexibility index (Phi) is 4.32. The molecule has 0 unspecified atom stereocenters. The van der Waals surface area contributed by atoms with E-state index in [1.165, 1.54) is 41.6 Å². The van der Waals surface area contributed by atoms with E-state index in [9.17, 15) is 0 Å². The minimum Gasteiger partial charge on any atom is -0.279 e. The Morgan fingerprint density at radius 1 is 0.793 bits per heavy atom. The second-order valence-corrected chi connectivity index (χ2v) is 10.8. The fourth-order valence-electron chi connectivity index (χ4n) is 4.25. The first-order valence-electron chi connectivity index (χ1n) is 9.47. The van der Waals surface area contributed by atoms with Crippen LogP contribution < -0.4 is 0 Å². The molecule has 0 amide bonds. The average molecular weight is 438 g/mol. The molecule has 0 saturated heterocycles. The lowest BCUT2D eigenvalue weighted by Crippen LogP contribution is -1.98. The highest BCUT2D eigenvalue weighted by Crippen LogP contribution is 2.46. The highest BCUT2D eigenvalue weighted by molar-refractivity contribution is 7.12. The number of pyridine rings is 1. The van der Waals surface area contributed by atoms with Crippen molar-refractivity contribution in [2.75, 3.05) is 0 Å². The second kappa shape index (κ2) is 6.66. The van der Waals surface area contributed by atoms with Crippen LogP contribution in [0.1, 0.15) is 25.3 Å². The van der Waals surface area contributed by atoms with Gasteiger partial charge in [-0.25, -0.2) is 0 Å². The van der Waals surface area contributed by atoms with Crippen LogP contribution in [0.5, 0.6) is 0 Å². The van der Waals surface area contributed by atoms with Crippen molar-refractivity contribution in [1.29, 1.82) is 0 Å². The fourth-order valence-corrected chi connectivity index (χ4v) is 6.28. The molecule has 0 aliphatic rings. The maximum absolute atomic E-state index is 6.41. The maximum atomic E-state index is 6.41. The van der Waals surface area contributed by atoms with E-state index >= 15 is 0 Å². The number of aryl methyl sites for hydroxylation is 5. The number of nitrogens with zero attached hydrogens (tertiary/aromatic N) is 3. The molecular formula is C23H20ClN3S2. The minimum atomic E-state index is 0.714. The highest BCUT2D eigenvalue weighted by Gasteiger charge is 2.24. The largest absolute Gasteiger partial charge is 0.279 e. The molecule has 3 nitrogen and oxygen atoms in total. The lowest BCUT2D eigenvalue weighted by Gasteiger charge is -2.16. The molecular weight excluding hydrogens is 418 g/mol. The standard InChI is InChI=1S/C23H20ClN3S2/c1-11-8-18(13(3)28-11)21-17-7-6-16(24)10-20(17)27-15(5)25-26-23(27)22(21)19-9-12(2)29-14(19)4/h6-10H,1-5H3. The second-order valence-electron chi connectivity index (χ2n) is 7.47. The molecule has 6 heteroatoms. The first kappa shape index (κ1) is 18.8. The summed E-state index contributed by atoms with van der Waals surface area (Å²) in [5, 5.41) is 10.9.